The molecule has 2 fully saturated rings. The van der Waals surface area contributed by atoms with Crippen LogP contribution >= 0.6 is 0 Å². The van der Waals surface area contributed by atoms with Crippen LogP contribution in [0.1, 0.15) is 19.8 Å². The van der Waals surface area contributed by atoms with Crippen LogP contribution in [0.5, 0.6) is 0 Å². The first-order valence-corrected chi connectivity index (χ1v) is 6.72. The van der Waals surface area contributed by atoms with E-state index in [2.05, 4.69) is 11.8 Å². The number of ether oxygens (including phenoxy) is 2. The molecule has 0 amide bonds. The lowest BCUT2D eigenvalue weighted by Gasteiger charge is -2.42. The molecule has 0 radical (unpaired) electrons. The van der Waals surface area contributed by atoms with E-state index in [0.29, 0.717) is 11.8 Å². The molecular formula is C13H26N2O2. The van der Waals surface area contributed by atoms with Crippen molar-refractivity contribution in [3.05, 3.63) is 0 Å². The largest absolute Gasteiger partial charge is 0.384 e. The molecule has 2 rings (SSSR count). The van der Waals surface area contributed by atoms with Crippen LogP contribution in [0.4, 0.5) is 0 Å². The Bertz CT molecular complexity index is 244. The van der Waals surface area contributed by atoms with Crippen molar-refractivity contribution in [2.75, 3.05) is 46.6 Å². The van der Waals surface area contributed by atoms with Crippen molar-refractivity contribution >= 4 is 0 Å². The van der Waals surface area contributed by atoms with Gasteiger partial charge >= 0.3 is 0 Å². The minimum Gasteiger partial charge on any atom is -0.384 e. The van der Waals surface area contributed by atoms with Gasteiger partial charge in [0.05, 0.1) is 13.2 Å². The number of hydrogen-bond donors (Lipinski definition) is 1. The highest BCUT2D eigenvalue weighted by Crippen LogP contribution is 2.34. The minimum absolute atomic E-state index is 0.110. The van der Waals surface area contributed by atoms with Crippen LogP contribution in [-0.4, -0.2) is 57.0 Å². The number of rotatable bonds is 5. The van der Waals surface area contributed by atoms with Crippen molar-refractivity contribution in [1.82, 2.24) is 4.90 Å². The van der Waals surface area contributed by atoms with Crippen molar-refractivity contribution in [2.24, 2.45) is 17.6 Å². The summed E-state index contributed by atoms with van der Waals surface area (Å²) in [6.07, 6.45) is 2.39. The predicted octanol–water partition coefficient (Wildman–Crippen LogP) is 0.709. The van der Waals surface area contributed by atoms with Gasteiger partial charge in [0.1, 0.15) is 0 Å². The molecule has 2 N–H and O–H groups in total. The number of likely N-dealkylation sites (tertiary alicyclic amines) is 1. The van der Waals surface area contributed by atoms with Gasteiger partial charge < -0.3 is 15.2 Å². The van der Waals surface area contributed by atoms with Crippen LogP contribution in [0.15, 0.2) is 0 Å². The molecular weight excluding hydrogens is 216 g/mol. The van der Waals surface area contributed by atoms with E-state index in [1.54, 1.807) is 7.11 Å². The maximum atomic E-state index is 6.06. The Labute approximate surface area is 104 Å². The zero-order chi connectivity index (χ0) is 12.3. The fourth-order valence-electron chi connectivity index (χ4n) is 3.25. The van der Waals surface area contributed by atoms with Crippen LogP contribution < -0.4 is 5.73 Å². The monoisotopic (exact) mass is 242 g/mol. The molecule has 100 valence electrons. The van der Waals surface area contributed by atoms with Gasteiger partial charge in [0.25, 0.3) is 0 Å². The predicted molar refractivity (Wildman–Crippen MR) is 67.9 cm³/mol. The van der Waals surface area contributed by atoms with Crippen molar-refractivity contribution in [3.8, 4) is 0 Å². The van der Waals surface area contributed by atoms with Gasteiger partial charge in [0.2, 0.25) is 0 Å². The van der Waals surface area contributed by atoms with E-state index in [4.69, 9.17) is 15.2 Å². The third-order valence-electron chi connectivity index (χ3n) is 4.63. The van der Waals surface area contributed by atoms with Gasteiger partial charge in [-0.25, -0.2) is 0 Å². The number of nitrogens with two attached hydrogens (primary N) is 1. The van der Waals surface area contributed by atoms with Crippen LogP contribution in [0, 0.1) is 11.8 Å². The highest BCUT2D eigenvalue weighted by molar-refractivity contribution is 4.98. The molecule has 2 heterocycles. The van der Waals surface area contributed by atoms with Gasteiger partial charge in [-0.05, 0) is 32.2 Å². The summed E-state index contributed by atoms with van der Waals surface area (Å²) in [6.45, 7) is 7.95. The van der Waals surface area contributed by atoms with Crippen molar-refractivity contribution in [3.63, 3.8) is 0 Å². The summed E-state index contributed by atoms with van der Waals surface area (Å²) in [6, 6.07) is 0. The Morgan fingerprint density at radius 1 is 1.47 bits per heavy atom. The average Bonchev–Trinajstić information content (AvgIpc) is 2.99. The molecule has 2 aliphatic heterocycles. The maximum absolute atomic E-state index is 6.06. The summed E-state index contributed by atoms with van der Waals surface area (Å²) in [7, 11) is 1.79. The Kier molecular flexibility index (Phi) is 4.42. The Balaban J connectivity index is 1.98. The van der Waals surface area contributed by atoms with E-state index in [1.165, 1.54) is 6.42 Å². The SMILES string of the molecule is COCC1CCN(C(C)(CN)C2CCOC2)C1. The number of hydrogen-bond acceptors (Lipinski definition) is 4. The molecule has 0 saturated carbocycles. The smallest absolute Gasteiger partial charge is 0.0513 e. The lowest BCUT2D eigenvalue weighted by Crippen LogP contribution is -2.56. The van der Waals surface area contributed by atoms with Crippen LogP contribution in [-0.2, 0) is 9.47 Å². The van der Waals surface area contributed by atoms with E-state index in [0.717, 1.165) is 45.9 Å². The molecule has 0 aromatic carbocycles. The van der Waals surface area contributed by atoms with Gasteiger partial charge in [-0.15, -0.1) is 0 Å². The normalized spacial score (nSPS) is 34.1. The summed E-state index contributed by atoms with van der Waals surface area (Å²) in [5, 5.41) is 0. The maximum Gasteiger partial charge on any atom is 0.0513 e. The van der Waals surface area contributed by atoms with E-state index in [-0.39, 0.29) is 5.54 Å². The highest BCUT2D eigenvalue weighted by Gasteiger charge is 2.43. The van der Waals surface area contributed by atoms with Crippen LogP contribution in [0.3, 0.4) is 0 Å². The summed E-state index contributed by atoms with van der Waals surface area (Å²) in [4.78, 5) is 2.57. The first-order chi connectivity index (χ1) is 8.20. The molecule has 0 aliphatic carbocycles. The minimum atomic E-state index is 0.110. The van der Waals surface area contributed by atoms with Gasteiger partial charge in [-0.1, -0.05) is 0 Å². The van der Waals surface area contributed by atoms with Crippen molar-refractivity contribution in [1.29, 1.82) is 0 Å². The highest BCUT2D eigenvalue weighted by atomic mass is 16.5. The molecule has 0 spiro atoms. The molecule has 0 bridgehead atoms. The third-order valence-corrected chi connectivity index (χ3v) is 4.63. The Morgan fingerprint density at radius 3 is 2.88 bits per heavy atom. The lowest BCUT2D eigenvalue weighted by molar-refractivity contribution is 0.0568. The summed E-state index contributed by atoms with van der Waals surface area (Å²) < 4.78 is 10.8. The van der Waals surface area contributed by atoms with E-state index >= 15 is 0 Å². The summed E-state index contributed by atoms with van der Waals surface area (Å²) in [5.74, 6) is 1.27. The van der Waals surface area contributed by atoms with Gasteiger partial charge in [-0.3, -0.25) is 4.90 Å². The standard InChI is InChI=1S/C13H26N2O2/c1-13(10-14,12-4-6-17-9-12)15-5-3-11(7-15)8-16-2/h11-12H,3-10,14H2,1-2H3. The molecule has 4 nitrogen and oxygen atoms in total. The van der Waals surface area contributed by atoms with E-state index in [1.807, 2.05) is 0 Å². The molecule has 17 heavy (non-hydrogen) atoms. The molecule has 0 aromatic heterocycles. The van der Waals surface area contributed by atoms with Gasteiger partial charge in [0, 0.05) is 38.3 Å². The summed E-state index contributed by atoms with van der Waals surface area (Å²) in [5.41, 5.74) is 6.17. The quantitative estimate of drug-likeness (QED) is 0.771. The number of methoxy groups -OCH3 is 1. The second kappa shape index (κ2) is 5.65. The molecule has 3 atom stereocenters. The topological polar surface area (TPSA) is 47.7 Å². The molecule has 2 saturated heterocycles. The third kappa shape index (κ3) is 2.65. The van der Waals surface area contributed by atoms with Crippen LogP contribution in [0.2, 0.25) is 0 Å². The fourth-order valence-corrected chi connectivity index (χ4v) is 3.25. The second-order valence-corrected chi connectivity index (χ2v) is 5.68. The fraction of sp³-hybridized carbons (Fsp3) is 1.00. The van der Waals surface area contributed by atoms with Gasteiger partial charge in [-0.2, -0.15) is 0 Å². The first-order valence-electron chi connectivity index (χ1n) is 6.72. The molecule has 0 aromatic rings. The summed E-state index contributed by atoms with van der Waals surface area (Å²) >= 11 is 0. The van der Waals surface area contributed by atoms with E-state index < -0.39 is 0 Å². The molecule has 3 unspecified atom stereocenters. The zero-order valence-electron chi connectivity index (χ0n) is 11.2. The number of nitrogens with zero attached hydrogens (tertiary/aromatic N) is 1. The Hall–Kier alpha value is -0.160. The van der Waals surface area contributed by atoms with Crippen molar-refractivity contribution < 1.29 is 9.47 Å². The van der Waals surface area contributed by atoms with Gasteiger partial charge in [0.15, 0.2) is 0 Å². The molecule has 2 aliphatic rings. The van der Waals surface area contributed by atoms with Crippen LogP contribution in [0.25, 0.3) is 0 Å². The lowest BCUT2D eigenvalue weighted by atomic mass is 9.83. The van der Waals surface area contributed by atoms with E-state index in [9.17, 15) is 0 Å². The first kappa shape index (κ1) is 13.3. The average molecular weight is 242 g/mol. The molecule has 4 heteroatoms. The Morgan fingerprint density at radius 2 is 2.29 bits per heavy atom. The second-order valence-electron chi connectivity index (χ2n) is 5.68. The van der Waals surface area contributed by atoms with Crippen molar-refractivity contribution in [2.45, 2.75) is 25.3 Å². The zero-order valence-corrected chi connectivity index (χ0v) is 11.2.